The molecule has 0 fully saturated rings. The van der Waals surface area contributed by atoms with Crippen LogP contribution in [0.25, 0.3) is 0 Å². The van der Waals surface area contributed by atoms with Crippen LogP contribution in [0.4, 0.5) is 5.69 Å². The molecular weight excluding hydrogens is 370 g/mol. The summed E-state index contributed by atoms with van der Waals surface area (Å²) in [4.78, 5) is 33.6. The van der Waals surface area contributed by atoms with Crippen molar-refractivity contribution in [3.8, 4) is 17.2 Å². The third kappa shape index (κ3) is 5.53. The summed E-state index contributed by atoms with van der Waals surface area (Å²) in [6, 6.07) is 11.4. The van der Waals surface area contributed by atoms with Gasteiger partial charge in [-0.25, -0.2) is 5.43 Å². The predicted molar refractivity (Wildman–Crippen MR) is 98.6 cm³/mol. The number of methoxy groups -OCH3 is 1. The van der Waals surface area contributed by atoms with E-state index in [1.807, 2.05) is 6.07 Å². The van der Waals surface area contributed by atoms with Gasteiger partial charge in [-0.2, -0.15) is 5.10 Å². The summed E-state index contributed by atoms with van der Waals surface area (Å²) in [5.41, 5.74) is 1.79. The topological polar surface area (TPSA) is 129 Å². The lowest BCUT2D eigenvalue weighted by molar-refractivity contribution is -0.385. The number of hydrogen-bond donors (Lipinski definition) is 1. The van der Waals surface area contributed by atoms with E-state index in [0.29, 0.717) is 5.75 Å². The molecule has 0 heterocycles. The molecule has 0 saturated heterocycles. The third-order valence-corrected chi connectivity index (χ3v) is 3.27. The Balaban J connectivity index is 2.10. The number of nitrogens with one attached hydrogen (secondary N) is 1. The summed E-state index contributed by atoms with van der Waals surface area (Å²) in [5, 5.41) is 15.1. The highest BCUT2D eigenvalue weighted by atomic mass is 16.6. The molecule has 0 bridgehead atoms. The lowest BCUT2D eigenvalue weighted by atomic mass is 10.1. The van der Waals surface area contributed by atoms with Crippen molar-refractivity contribution in [1.29, 1.82) is 0 Å². The number of rotatable bonds is 8. The second-order valence-corrected chi connectivity index (χ2v) is 5.28. The first kappa shape index (κ1) is 20.4. The van der Waals surface area contributed by atoms with Crippen molar-refractivity contribution < 1.29 is 28.7 Å². The minimum atomic E-state index is -0.701. The SMILES string of the molecule is COc1c(OC(C)=O)ccc(/C=N/NC(=O)COc2ccccc2)c1[N+](=O)[O-]. The fourth-order valence-corrected chi connectivity index (χ4v) is 2.16. The highest BCUT2D eigenvalue weighted by Gasteiger charge is 2.25. The number of nitrogens with zero attached hydrogens (tertiary/aromatic N) is 2. The van der Waals surface area contributed by atoms with Crippen LogP contribution in [0.1, 0.15) is 12.5 Å². The number of esters is 1. The van der Waals surface area contributed by atoms with Crippen molar-refractivity contribution in [2.45, 2.75) is 6.92 Å². The molecule has 146 valence electrons. The number of hydrogen-bond acceptors (Lipinski definition) is 8. The summed E-state index contributed by atoms with van der Waals surface area (Å²) >= 11 is 0. The monoisotopic (exact) mass is 387 g/mol. The fraction of sp³-hybridized carbons (Fsp3) is 0.167. The van der Waals surface area contributed by atoms with Gasteiger partial charge in [0.25, 0.3) is 5.91 Å². The van der Waals surface area contributed by atoms with E-state index in [4.69, 9.17) is 14.2 Å². The molecule has 1 N–H and O–H groups in total. The van der Waals surface area contributed by atoms with E-state index < -0.39 is 22.5 Å². The van der Waals surface area contributed by atoms with Crippen molar-refractivity contribution in [2.24, 2.45) is 5.10 Å². The summed E-state index contributed by atoms with van der Waals surface area (Å²) in [7, 11) is 1.21. The van der Waals surface area contributed by atoms with Crippen LogP contribution >= 0.6 is 0 Å². The standard InChI is InChI=1S/C18H17N3O7/c1-12(22)28-15-9-8-13(17(21(24)25)18(15)26-2)10-19-20-16(23)11-27-14-6-4-3-5-7-14/h3-10H,11H2,1-2H3,(H,20,23)/b19-10+. The first-order valence-corrected chi connectivity index (χ1v) is 7.96. The molecule has 2 aromatic rings. The largest absolute Gasteiger partial charge is 0.488 e. The molecule has 0 aliphatic rings. The van der Waals surface area contributed by atoms with Crippen molar-refractivity contribution in [3.63, 3.8) is 0 Å². The molecule has 28 heavy (non-hydrogen) atoms. The Morgan fingerprint density at radius 2 is 1.93 bits per heavy atom. The molecule has 0 atom stereocenters. The van der Waals surface area contributed by atoms with Gasteiger partial charge >= 0.3 is 11.7 Å². The Bertz CT molecular complexity index is 898. The highest BCUT2D eigenvalue weighted by Crippen LogP contribution is 2.39. The molecule has 0 aromatic heterocycles. The number of nitro groups is 1. The maximum absolute atomic E-state index is 11.8. The maximum Gasteiger partial charge on any atom is 0.323 e. The van der Waals surface area contributed by atoms with Gasteiger partial charge in [0, 0.05) is 6.92 Å². The van der Waals surface area contributed by atoms with Crippen LogP contribution in [-0.4, -0.2) is 36.7 Å². The molecule has 0 unspecified atom stereocenters. The van der Waals surface area contributed by atoms with Gasteiger partial charge in [0.2, 0.25) is 5.75 Å². The molecule has 0 spiro atoms. The first-order valence-electron chi connectivity index (χ1n) is 7.96. The van der Waals surface area contributed by atoms with Crippen LogP contribution in [0.3, 0.4) is 0 Å². The van der Waals surface area contributed by atoms with Crippen molar-refractivity contribution in [1.82, 2.24) is 5.43 Å². The van der Waals surface area contributed by atoms with E-state index in [9.17, 15) is 19.7 Å². The van der Waals surface area contributed by atoms with Crippen LogP contribution in [0, 0.1) is 10.1 Å². The third-order valence-electron chi connectivity index (χ3n) is 3.27. The summed E-state index contributed by atoms with van der Waals surface area (Å²) in [6.45, 7) is 0.881. The molecule has 0 radical (unpaired) electrons. The quantitative estimate of drug-likeness (QED) is 0.241. The molecule has 10 nitrogen and oxygen atoms in total. The number of amides is 1. The number of hydrazone groups is 1. The van der Waals surface area contributed by atoms with Crippen LogP contribution < -0.4 is 19.6 Å². The Hall–Kier alpha value is -3.95. The van der Waals surface area contributed by atoms with Gasteiger partial charge in [0.1, 0.15) is 5.75 Å². The Kier molecular flexibility index (Phi) is 7.03. The molecular formula is C18H17N3O7. The maximum atomic E-state index is 11.8. The van der Waals surface area contributed by atoms with Crippen LogP contribution in [0.2, 0.25) is 0 Å². The number of benzene rings is 2. The molecule has 0 aliphatic carbocycles. The lowest BCUT2D eigenvalue weighted by Crippen LogP contribution is -2.24. The predicted octanol–water partition coefficient (Wildman–Crippen LogP) is 2.06. The molecule has 10 heteroatoms. The minimum Gasteiger partial charge on any atom is -0.488 e. The smallest absolute Gasteiger partial charge is 0.323 e. The molecule has 2 aromatic carbocycles. The van der Waals surface area contributed by atoms with E-state index in [1.165, 1.54) is 19.2 Å². The minimum absolute atomic E-state index is 0.0435. The van der Waals surface area contributed by atoms with Gasteiger partial charge in [0.15, 0.2) is 12.4 Å². The number of para-hydroxylation sites is 1. The lowest BCUT2D eigenvalue weighted by Gasteiger charge is -2.09. The molecule has 0 aliphatic heterocycles. The summed E-state index contributed by atoms with van der Waals surface area (Å²) in [5.74, 6) is -1.02. The second kappa shape index (κ2) is 9.67. The normalized spacial score (nSPS) is 10.4. The van der Waals surface area contributed by atoms with Gasteiger partial charge in [-0.15, -0.1) is 0 Å². The van der Waals surface area contributed by atoms with Gasteiger partial charge in [-0.3, -0.25) is 19.7 Å². The number of carbonyl (C=O) groups is 2. The second-order valence-electron chi connectivity index (χ2n) is 5.28. The van der Waals surface area contributed by atoms with Crippen LogP contribution in [0.5, 0.6) is 17.2 Å². The average Bonchev–Trinajstić information content (AvgIpc) is 2.67. The van der Waals surface area contributed by atoms with Crippen LogP contribution in [-0.2, 0) is 9.59 Å². The number of carbonyl (C=O) groups excluding carboxylic acids is 2. The molecule has 0 saturated carbocycles. The van der Waals surface area contributed by atoms with E-state index in [0.717, 1.165) is 13.1 Å². The van der Waals surface area contributed by atoms with Crippen molar-refractivity contribution >= 4 is 23.8 Å². The molecule has 2 rings (SSSR count). The van der Waals surface area contributed by atoms with Crippen LogP contribution in [0.15, 0.2) is 47.6 Å². The van der Waals surface area contributed by atoms with Gasteiger partial charge < -0.3 is 14.2 Å². The zero-order chi connectivity index (χ0) is 20.5. The fourth-order valence-electron chi connectivity index (χ4n) is 2.16. The number of nitro benzene ring substituents is 1. The Morgan fingerprint density at radius 3 is 2.54 bits per heavy atom. The zero-order valence-electron chi connectivity index (χ0n) is 15.1. The molecule has 1 amide bonds. The van der Waals surface area contributed by atoms with Gasteiger partial charge in [0.05, 0.1) is 23.8 Å². The zero-order valence-corrected chi connectivity index (χ0v) is 15.1. The van der Waals surface area contributed by atoms with Crippen molar-refractivity contribution in [2.75, 3.05) is 13.7 Å². The Morgan fingerprint density at radius 1 is 1.21 bits per heavy atom. The van der Waals surface area contributed by atoms with E-state index in [2.05, 4.69) is 10.5 Å². The number of ether oxygens (including phenoxy) is 3. The Labute approximate surface area is 159 Å². The van der Waals surface area contributed by atoms with Gasteiger partial charge in [-0.1, -0.05) is 18.2 Å². The highest BCUT2D eigenvalue weighted by molar-refractivity contribution is 5.90. The van der Waals surface area contributed by atoms with E-state index in [-0.39, 0.29) is 23.7 Å². The van der Waals surface area contributed by atoms with Gasteiger partial charge in [-0.05, 0) is 24.3 Å². The van der Waals surface area contributed by atoms with E-state index >= 15 is 0 Å². The van der Waals surface area contributed by atoms with Crippen molar-refractivity contribution in [3.05, 3.63) is 58.1 Å². The first-order chi connectivity index (χ1) is 13.4. The summed E-state index contributed by atoms with van der Waals surface area (Å²) in [6.07, 6.45) is 1.08. The van der Waals surface area contributed by atoms with E-state index in [1.54, 1.807) is 24.3 Å². The average molecular weight is 387 g/mol. The summed E-state index contributed by atoms with van der Waals surface area (Å²) < 4.78 is 15.2.